The van der Waals surface area contributed by atoms with E-state index in [1.54, 1.807) is 17.3 Å². The third kappa shape index (κ3) is 6.74. The van der Waals surface area contributed by atoms with Crippen LogP contribution in [-0.2, 0) is 11.3 Å². The average molecular weight is 513 g/mol. The lowest BCUT2D eigenvalue weighted by Gasteiger charge is -2.37. The second kappa shape index (κ2) is 12.3. The zero-order valence-corrected chi connectivity index (χ0v) is 21.7. The number of amides is 2. The molecule has 0 saturated carbocycles. The van der Waals surface area contributed by atoms with Crippen LogP contribution in [0.3, 0.4) is 0 Å². The fourth-order valence-corrected chi connectivity index (χ4v) is 5.13. The number of nitrogens with zero attached hydrogens (tertiary/aromatic N) is 5. The number of anilines is 1. The predicted molar refractivity (Wildman–Crippen MR) is 138 cm³/mol. The van der Waals surface area contributed by atoms with Gasteiger partial charge >= 0.3 is 0 Å². The third-order valence-corrected chi connectivity index (χ3v) is 7.34. The van der Waals surface area contributed by atoms with E-state index in [1.807, 2.05) is 18.7 Å². The van der Waals surface area contributed by atoms with Gasteiger partial charge in [-0.15, -0.1) is 0 Å². The van der Waals surface area contributed by atoms with Crippen LogP contribution in [0, 0.1) is 11.7 Å². The topological polar surface area (TPSA) is 105 Å². The van der Waals surface area contributed by atoms with E-state index in [-0.39, 0.29) is 35.3 Å². The molecule has 2 amide bonds. The molecule has 0 radical (unpaired) electrons. The van der Waals surface area contributed by atoms with Gasteiger partial charge in [-0.05, 0) is 58.0 Å². The maximum atomic E-state index is 13.9. The standard InChI is InChI=1S/C27H37FN6O3/c1-3-33(4-2)26(36)23-15-21(28)5-6-24(23)37-22-9-13-34(14-10-22)25(35)20-7-11-32(12-8-20)18-19-16-30-27(29)31-17-19/h5-6,15-17,20,22H,3-4,7-14,18H2,1-2H3,(H2,29,30,31). The smallest absolute Gasteiger partial charge is 0.257 e. The molecule has 4 rings (SSSR count). The van der Waals surface area contributed by atoms with Crippen molar-refractivity contribution < 1.29 is 18.7 Å². The molecule has 2 aliphatic heterocycles. The molecule has 200 valence electrons. The van der Waals surface area contributed by atoms with Crippen LogP contribution in [0.2, 0.25) is 0 Å². The van der Waals surface area contributed by atoms with E-state index in [0.717, 1.165) is 38.0 Å². The number of halogens is 1. The number of carbonyl (C=O) groups is 2. The Hall–Kier alpha value is -3.27. The van der Waals surface area contributed by atoms with E-state index in [9.17, 15) is 14.0 Å². The van der Waals surface area contributed by atoms with Crippen molar-refractivity contribution in [3.63, 3.8) is 0 Å². The Morgan fingerprint density at radius 2 is 1.70 bits per heavy atom. The molecule has 9 nitrogen and oxygen atoms in total. The van der Waals surface area contributed by atoms with E-state index in [2.05, 4.69) is 14.9 Å². The van der Waals surface area contributed by atoms with E-state index in [1.165, 1.54) is 18.2 Å². The SMILES string of the molecule is CCN(CC)C(=O)c1cc(F)ccc1OC1CCN(C(=O)C2CCN(Cc3cnc(N)nc3)CC2)CC1. The van der Waals surface area contributed by atoms with Crippen molar-refractivity contribution in [1.82, 2.24) is 24.7 Å². The molecule has 1 aromatic carbocycles. The molecule has 2 aromatic rings. The monoisotopic (exact) mass is 512 g/mol. The largest absolute Gasteiger partial charge is 0.489 e. The zero-order valence-electron chi connectivity index (χ0n) is 21.7. The van der Waals surface area contributed by atoms with Gasteiger partial charge in [0.25, 0.3) is 5.91 Å². The van der Waals surface area contributed by atoms with Crippen molar-refractivity contribution in [1.29, 1.82) is 0 Å². The summed E-state index contributed by atoms with van der Waals surface area (Å²) in [5.74, 6) is 0.230. The lowest BCUT2D eigenvalue weighted by Crippen LogP contribution is -2.47. The first-order valence-electron chi connectivity index (χ1n) is 13.2. The molecule has 2 saturated heterocycles. The lowest BCUT2D eigenvalue weighted by molar-refractivity contribution is -0.139. The summed E-state index contributed by atoms with van der Waals surface area (Å²) in [6.07, 6.45) is 6.40. The summed E-state index contributed by atoms with van der Waals surface area (Å²) >= 11 is 0. The minimum Gasteiger partial charge on any atom is -0.489 e. The molecule has 3 heterocycles. The number of aromatic nitrogens is 2. The van der Waals surface area contributed by atoms with Crippen LogP contribution in [0.1, 0.15) is 55.5 Å². The zero-order chi connectivity index (χ0) is 26.4. The quantitative estimate of drug-likeness (QED) is 0.580. The van der Waals surface area contributed by atoms with Crippen molar-refractivity contribution in [2.24, 2.45) is 5.92 Å². The van der Waals surface area contributed by atoms with Gasteiger partial charge < -0.3 is 20.3 Å². The summed E-state index contributed by atoms with van der Waals surface area (Å²) < 4.78 is 20.1. The summed E-state index contributed by atoms with van der Waals surface area (Å²) in [5.41, 5.74) is 6.83. The maximum Gasteiger partial charge on any atom is 0.257 e. The van der Waals surface area contributed by atoms with E-state index in [0.29, 0.717) is 44.8 Å². The highest BCUT2D eigenvalue weighted by Gasteiger charge is 2.32. The number of benzene rings is 1. The first-order valence-corrected chi connectivity index (χ1v) is 13.2. The van der Waals surface area contributed by atoms with Gasteiger partial charge in [-0.25, -0.2) is 14.4 Å². The van der Waals surface area contributed by atoms with Gasteiger partial charge in [0.1, 0.15) is 17.7 Å². The molecule has 37 heavy (non-hydrogen) atoms. The molecule has 0 spiro atoms. The molecule has 2 fully saturated rings. The van der Waals surface area contributed by atoms with Crippen molar-refractivity contribution in [2.75, 3.05) is 45.0 Å². The van der Waals surface area contributed by atoms with Crippen molar-refractivity contribution in [3.05, 3.63) is 47.5 Å². The Kier molecular flexibility index (Phi) is 8.91. The third-order valence-electron chi connectivity index (χ3n) is 7.34. The second-order valence-corrected chi connectivity index (χ2v) is 9.76. The van der Waals surface area contributed by atoms with Crippen LogP contribution in [0.15, 0.2) is 30.6 Å². The van der Waals surface area contributed by atoms with Gasteiger partial charge in [0.2, 0.25) is 11.9 Å². The molecule has 1 aromatic heterocycles. The van der Waals surface area contributed by atoms with Crippen LogP contribution >= 0.6 is 0 Å². The van der Waals surface area contributed by atoms with Crippen molar-refractivity contribution in [3.8, 4) is 5.75 Å². The summed E-state index contributed by atoms with van der Waals surface area (Å²) in [5, 5.41) is 0. The van der Waals surface area contributed by atoms with Crippen molar-refractivity contribution >= 4 is 17.8 Å². The minimum absolute atomic E-state index is 0.0341. The van der Waals surface area contributed by atoms with Gasteiger partial charge in [0.05, 0.1) is 5.56 Å². The molecule has 0 atom stereocenters. The van der Waals surface area contributed by atoms with Crippen LogP contribution in [0.25, 0.3) is 0 Å². The Morgan fingerprint density at radius 3 is 2.32 bits per heavy atom. The van der Waals surface area contributed by atoms with Crippen molar-refractivity contribution in [2.45, 2.75) is 52.2 Å². The maximum absolute atomic E-state index is 13.9. The van der Waals surface area contributed by atoms with Crippen LogP contribution < -0.4 is 10.5 Å². The van der Waals surface area contributed by atoms with E-state index >= 15 is 0 Å². The summed E-state index contributed by atoms with van der Waals surface area (Å²) in [6, 6.07) is 4.11. The molecule has 0 unspecified atom stereocenters. The minimum atomic E-state index is -0.462. The number of carbonyl (C=O) groups excluding carboxylic acids is 2. The number of piperidine rings is 2. The number of ether oxygens (including phenoxy) is 1. The predicted octanol–water partition coefficient (Wildman–Crippen LogP) is 2.96. The number of hydrogen-bond donors (Lipinski definition) is 1. The fraction of sp³-hybridized carbons (Fsp3) is 0.556. The van der Waals surface area contributed by atoms with Crippen LogP contribution in [0.5, 0.6) is 5.75 Å². The first kappa shape index (κ1) is 26.8. The van der Waals surface area contributed by atoms with Gasteiger partial charge in [0.15, 0.2) is 0 Å². The molecular formula is C27H37FN6O3. The van der Waals surface area contributed by atoms with Gasteiger partial charge in [0, 0.05) is 69.4 Å². The highest BCUT2D eigenvalue weighted by molar-refractivity contribution is 5.97. The first-order chi connectivity index (χ1) is 17.9. The number of rotatable bonds is 8. The number of nitrogen functional groups attached to an aromatic ring is 1. The van der Waals surface area contributed by atoms with Crippen LogP contribution in [-0.4, -0.2) is 81.9 Å². The Balaban J connectivity index is 1.27. The highest BCUT2D eigenvalue weighted by Crippen LogP contribution is 2.27. The molecule has 0 aliphatic carbocycles. The fourth-order valence-electron chi connectivity index (χ4n) is 5.13. The van der Waals surface area contributed by atoms with Gasteiger partial charge in [-0.3, -0.25) is 14.5 Å². The Bertz CT molecular complexity index is 1060. The van der Waals surface area contributed by atoms with E-state index in [4.69, 9.17) is 10.5 Å². The van der Waals surface area contributed by atoms with E-state index < -0.39 is 5.82 Å². The average Bonchev–Trinajstić information content (AvgIpc) is 2.92. The molecule has 2 N–H and O–H groups in total. The summed E-state index contributed by atoms with van der Waals surface area (Å²) in [6.45, 7) is 8.58. The lowest BCUT2D eigenvalue weighted by atomic mass is 9.94. The van der Waals surface area contributed by atoms with Gasteiger partial charge in [-0.2, -0.15) is 0 Å². The molecule has 2 aliphatic rings. The van der Waals surface area contributed by atoms with Crippen LogP contribution in [0.4, 0.5) is 10.3 Å². The number of likely N-dealkylation sites (tertiary alicyclic amines) is 2. The number of nitrogens with two attached hydrogens (primary N) is 1. The Morgan fingerprint density at radius 1 is 1.05 bits per heavy atom. The normalized spacial score (nSPS) is 17.5. The second-order valence-electron chi connectivity index (χ2n) is 9.76. The molecule has 0 bridgehead atoms. The Labute approximate surface area is 217 Å². The molecular weight excluding hydrogens is 475 g/mol. The summed E-state index contributed by atoms with van der Waals surface area (Å²) in [7, 11) is 0. The highest BCUT2D eigenvalue weighted by atomic mass is 19.1. The number of hydrogen-bond acceptors (Lipinski definition) is 7. The van der Waals surface area contributed by atoms with Gasteiger partial charge in [-0.1, -0.05) is 0 Å². The molecule has 10 heteroatoms. The summed E-state index contributed by atoms with van der Waals surface area (Å²) in [4.78, 5) is 40.1.